The first-order chi connectivity index (χ1) is 8.24. The molecule has 1 N–H and O–H groups in total. The standard InChI is InChI=1S/C13H16N2.C2H6/c1-4-14-13-9(2)10(3)15-12-8-6-5-7-11(12)13;1-2/h5-8H,4H2,1-3H3,(H,14,15);1-2H3. The summed E-state index contributed by atoms with van der Waals surface area (Å²) in [6.45, 7) is 11.2. The average molecular weight is 230 g/mol. The Morgan fingerprint density at radius 2 is 1.76 bits per heavy atom. The molecule has 1 heterocycles. The Balaban J connectivity index is 0.000000686. The molecule has 2 nitrogen and oxygen atoms in total. The molecule has 0 radical (unpaired) electrons. The van der Waals surface area contributed by atoms with Crippen molar-refractivity contribution in [3.05, 3.63) is 35.5 Å². The largest absolute Gasteiger partial charge is 0.385 e. The molecule has 0 aliphatic rings. The van der Waals surface area contributed by atoms with Crippen molar-refractivity contribution in [2.75, 3.05) is 11.9 Å². The van der Waals surface area contributed by atoms with Gasteiger partial charge in [-0.15, -0.1) is 0 Å². The summed E-state index contributed by atoms with van der Waals surface area (Å²) in [5.74, 6) is 0. The highest BCUT2D eigenvalue weighted by Crippen LogP contribution is 2.27. The summed E-state index contributed by atoms with van der Waals surface area (Å²) in [7, 11) is 0. The van der Waals surface area contributed by atoms with Crippen LogP contribution in [0.5, 0.6) is 0 Å². The van der Waals surface area contributed by atoms with Gasteiger partial charge in [-0.2, -0.15) is 0 Å². The maximum atomic E-state index is 4.58. The fraction of sp³-hybridized carbons (Fsp3) is 0.400. The molecule has 2 aromatic rings. The number of nitrogens with one attached hydrogen (secondary N) is 1. The quantitative estimate of drug-likeness (QED) is 0.831. The normalized spacial score (nSPS) is 9.71. The Morgan fingerprint density at radius 3 is 2.41 bits per heavy atom. The van der Waals surface area contributed by atoms with Crippen molar-refractivity contribution in [1.82, 2.24) is 4.98 Å². The predicted octanol–water partition coefficient (Wildman–Crippen LogP) is 4.31. The van der Waals surface area contributed by atoms with Crippen LogP contribution in [0.25, 0.3) is 10.9 Å². The maximum absolute atomic E-state index is 4.58. The lowest BCUT2D eigenvalue weighted by Crippen LogP contribution is -2.02. The summed E-state index contributed by atoms with van der Waals surface area (Å²) in [6.07, 6.45) is 0. The first-order valence-corrected chi connectivity index (χ1v) is 6.34. The van der Waals surface area contributed by atoms with Crippen LogP contribution in [0.2, 0.25) is 0 Å². The molecule has 0 fully saturated rings. The molecule has 0 saturated carbocycles. The van der Waals surface area contributed by atoms with E-state index in [2.05, 4.69) is 49.3 Å². The summed E-state index contributed by atoms with van der Waals surface area (Å²) in [5.41, 5.74) is 4.64. The van der Waals surface area contributed by atoms with Gasteiger partial charge in [0.2, 0.25) is 0 Å². The third kappa shape index (κ3) is 2.76. The fourth-order valence-corrected chi connectivity index (χ4v) is 1.83. The van der Waals surface area contributed by atoms with Gasteiger partial charge in [0.15, 0.2) is 0 Å². The third-order valence-electron chi connectivity index (χ3n) is 2.73. The smallest absolute Gasteiger partial charge is 0.0726 e. The molecule has 2 rings (SSSR count). The van der Waals surface area contributed by atoms with Gasteiger partial charge in [-0.3, -0.25) is 4.98 Å². The van der Waals surface area contributed by atoms with Crippen LogP contribution in [-0.2, 0) is 0 Å². The van der Waals surface area contributed by atoms with Crippen LogP contribution >= 0.6 is 0 Å². The molecule has 2 heteroatoms. The van der Waals surface area contributed by atoms with E-state index in [1.807, 2.05) is 19.9 Å². The molecule has 0 bridgehead atoms. The van der Waals surface area contributed by atoms with Crippen molar-refractivity contribution < 1.29 is 0 Å². The van der Waals surface area contributed by atoms with Crippen LogP contribution in [0, 0.1) is 13.8 Å². The van der Waals surface area contributed by atoms with Crippen LogP contribution in [0.15, 0.2) is 24.3 Å². The number of aryl methyl sites for hydroxylation is 1. The second-order valence-electron chi connectivity index (χ2n) is 3.74. The zero-order chi connectivity index (χ0) is 12.8. The zero-order valence-corrected chi connectivity index (χ0v) is 11.5. The van der Waals surface area contributed by atoms with E-state index in [1.165, 1.54) is 16.6 Å². The average Bonchev–Trinajstić information content (AvgIpc) is 2.37. The lowest BCUT2D eigenvalue weighted by Gasteiger charge is -2.13. The van der Waals surface area contributed by atoms with E-state index in [-0.39, 0.29) is 0 Å². The highest BCUT2D eigenvalue weighted by molar-refractivity contribution is 5.93. The number of hydrogen-bond acceptors (Lipinski definition) is 2. The Morgan fingerprint density at radius 1 is 1.12 bits per heavy atom. The molecular weight excluding hydrogens is 208 g/mol. The Labute approximate surface area is 104 Å². The van der Waals surface area contributed by atoms with Crippen LogP contribution < -0.4 is 5.32 Å². The number of anilines is 1. The second kappa shape index (κ2) is 6.24. The minimum Gasteiger partial charge on any atom is -0.385 e. The van der Waals surface area contributed by atoms with Gasteiger partial charge in [0, 0.05) is 23.3 Å². The minimum absolute atomic E-state index is 0.939. The van der Waals surface area contributed by atoms with Gasteiger partial charge in [-0.1, -0.05) is 32.0 Å². The van der Waals surface area contributed by atoms with Crippen molar-refractivity contribution in [2.24, 2.45) is 0 Å². The summed E-state index contributed by atoms with van der Waals surface area (Å²) in [6, 6.07) is 8.26. The Kier molecular flexibility index (Phi) is 4.95. The molecule has 92 valence electrons. The molecule has 1 aromatic carbocycles. The highest BCUT2D eigenvalue weighted by Gasteiger charge is 2.07. The van der Waals surface area contributed by atoms with Crippen LogP contribution in [0.3, 0.4) is 0 Å². The van der Waals surface area contributed by atoms with E-state index in [9.17, 15) is 0 Å². The van der Waals surface area contributed by atoms with Crippen LogP contribution in [0.1, 0.15) is 32.0 Å². The van der Waals surface area contributed by atoms with Gasteiger partial charge in [0.05, 0.1) is 5.52 Å². The van der Waals surface area contributed by atoms with E-state index in [0.717, 1.165) is 17.8 Å². The molecule has 0 spiro atoms. The monoisotopic (exact) mass is 230 g/mol. The number of nitrogens with zero attached hydrogens (tertiary/aromatic N) is 1. The Hall–Kier alpha value is -1.57. The van der Waals surface area contributed by atoms with Gasteiger partial charge in [-0.25, -0.2) is 0 Å². The van der Waals surface area contributed by atoms with Gasteiger partial charge in [0.25, 0.3) is 0 Å². The Bertz CT molecular complexity index is 489. The number of fused-ring (bicyclic) bond motifs is 1. The topological polar surface area (TPSA) is 24.9 Å². The number of aromatic nitrogens is 1. The first kappa shape index (κ1) is 13.5. The van der Waals surface area contributed by atoms with Gasteiger partial charge >= 0.3 is 0 Å². The molecule has 0 aliphatic heterocycles. The van der Waals surface area contributed by atoms with Crippen molar-refractivity contribution in [3.8, 4) is 0 Å². The minimum atomic E-state index is 0.939. The molecule has 0 atom stereocenters. The van der Waals surface area contributed by atoms with Crippen molar-refractivity contribution >= 4 is 16.6 Å². The second-order valence-corrected chi connectivity index (χ2v) is 3.74. The first-order valence-electron chi connectivity index (χ1n) is 6.34. The van der Waals surface area contributed by atoms with Gasteiger partial charge in [-0.05, 0) is 32.4 Å². The maximum Gasteiger partial charge on any atom is 0.0726 e. The number of hydrogen-bond donors (Lipinski definition) is 1. The molecule has 1 aromatic heterocycles. The van der Waals surface area contributed by atoms with Gasteiger partial charge in [0.1, 0.15) is 0 Å². The SMILES string of the molecule is CC.CCNc1c(C)c(C)nc2ccccc12. The van der Waals surface area contributed by atoms with E-state index in [1.54, 1.807) is 0 Å². The van der Waals surface area contributed by atoms with E-state index >= 15 is 0 Å². The van der Waals surface area contributed by atoms with Crippen molar-refractivity contribution in [1.29, 1.82) is 0 Å². The molecule has 0 unspecified atom stereocenters. The number of pyridine rings is 1. The number of para-hydroxylation sites is 1. The van der Waals surface area contributed by atoms with E-state index in [0.29, 0.717) is 0 Å². The zero-order valence-electron chi connectivity index (χ0n) is 11.5. The molecule has 0 aliphatic carbocycles. The summed E-state index contributed by atoms with van der Waals surface area (Å²) in [4.78, 5) is 4.58. The molecule has 0 saturated heterocycles. The van der Waals surface area contributed by atoms with E-state index in [4.69, 9.17) is 0 Å². The lowest BCUT2D eigenvalue weighted by molar-refractivity contribution is 1.16. The van der Waals surface area contributed by atoms with Crippen LogP contribution in [0.4, 0.5) is 5.69 Å². The molecule has 0 amide bonds. The van der Waals surface area contributed by atoms with Crippen molar-refractivity contribution in [3.63, 3.8) is 0 Å². The predicted molar refractivity (Wildman–Crippen MR) is 76.7 cm³/mol. The fourth-order valence-electron chi connectivity index (χ4n) is 1.83. The number of benzene rings is 1. The summed E-state index contributed by atoms with van der Waals surface area (Å²) >= 11 is 0. The summed E-state index contributed by atoms with van der Waals surface area (Å²) < 4.78 is 0. The molecular formula is C15H22N2. The van der Waals surface area contributed by atoms with E-state index < -0.39 is 0 Å². The number of rotatable bonds is 2. The van der Waals surface area contributed by atoms with Gasteiger partial charge < -0.3 is 5.32 Å². The third-order valence-corrected chi connectivity index (χ3v) is 2.73. The van der Waals surface area contributed by atoms with Crippen molar-refractivity contribution in [2.45, 2.75) is 34.6 Å². The molecule has 17 heavy (non-hydrogen) atoms. The summed E-state index contributed by atoms with van der Waals surface area (Å²) in [5, 5.41) is 4.63. The highest BCUT2D eigenvalue weighted by atomic mass is 14.9. The van der Waals surface area contributed by atoms with Crippen LogP contribution in [-0.4, -0.2) is 11.5 Å². The lowest BCUT2D eigenvalue weighted by atomic mass is 10.1.